The van der Waals surface area contributed by atoms with E-state index in [9.17, 15) is 0 Å². The quantitative estimate of drug-likeness (QED) is 0.141. The number of para-hydroxylation sites is 4. The van der Waals surface area contributed by atoms with Gasteiger partial charge in [0.25, 0.3) is 0 Å². The molecule has 0 amide bonds. The Bertz CT molecular complexity index is 5470. The Morgan fingerprint density at radius 2 is 0.730 bits per heavy atom. The van der Waals surface area contributed by atoms with Gasteiger partial charge in [-0.15, -0.1) is 0 Å². The highest BCUT2D eigenvalue weighted by atomic mass is 28.3. The van der Waals surface area contributed by atoms with Crippen molar-refractivity contribution in [2.24, 2.45) is 0 Å². The summed E-state index contributed by atoms with van der Waals surface area (Å²) in [6.45, 7) is 32.8. The molecule has 0 saturated carbocycles. The summed E-state index contributed by atoms with van der Waals surface area (Å²) in [7, 11) is -3.54. The highest BCUT2D eigenvalue weighted by molar-refractivity contribution is 6.90. The van der Waals surface area contributed by atoms with E-state index in [2.05, 4.69) is 299 Å². The molecule has 6 nitrogen and oxygen atoms in total. The summed E-state index contributed by atoms with van der Waals surface area (Å²) in [5.74, 6) is 0. The van der Waals surface area contributed by atoms with Gasteiger partial charge >= 0.3 is 0 Å². The van der Waals surface area contributed by atoms with Gasteiger partial charge in [-0.2, -0.15) is 0 Å². The van der Waals surface area contributed by atoms with Gasteiger partial charge in [0.05, 0.1) is 38.3 Å². The van der Waals surface area contributed by atoms with Crippen molar-refractivity contribution in [3.8, 4) is 11.1 Å². The molecule has 4 heterocycles. The first-order chi connectivity index (χ1) is 42.4. The Kier molecular flexibility index (Phi) is 11.8. The molecule has 0 spiro atoms. The van der Waals surface area contributed by atoms with Crippen LogP contribution in [0.4, 0.5) is 34.1 Å². The zero-order valence-corrected chi connectivity index (χ0v) is 55.5. The van der Waals surface area contributed by atoms with Crippen LogP contribution in [0.5, 0.6) is 0 Å². The Morgan fingerprint density at radius 1 is 0.337 bits per heavy atom. The van der Waals surface area contributed by atoms with Gasteiger partial charge in [0.15, 0.2) is 0 Å². The van der Waals surface area contributed by atoms with Crippen molar-refractivity contribution in [2.75, 3.05) is 9.80 Å². The van der Waals surface area contributed by atoms with Gasteiger partial charge < -0.3 is 27.5 Å². The number of hydrogen-bond donors (Lipinski definition) is 0. The van der Waals surface area contributed by atoms with Crippen molar-refractivity contribution < 1.29 is 17.7 Å². The van der Waals surface area contributed by atoms with Gasteiger partial charge in [-0.3, -0.25) is 0 Å². The van der Waals surface area contributed by atoms with Crippen LogP contribution in [0, 0.1) is 0 Å². The minimum absolute atomic E-state index is 0.00521. The minimum atomic E-state index is -1.77. The largest absolute Gasteiger partial charge is 0.456 e. The third kappa shape index (κ3) is 8.46. The molecule has 0 bridgehead atoms. The summed E-state index contributed by atoms with van der Waals surface area (Å²) in [5, 5.41) is 13.7. The second-order valence-corrected chi connectivity index (χ2v) is 39.8. The molecule has 16 rings (SSSR count). The van der Waals surface area contributed by atoms with Gasteiger partial charge in [0, 0.05) is 83.7 Å². The normalized spacial score (nSPS) is 13.8. The average molecular weight is 1200 g/mol. The Morgan fingerprint density at radius 3 is 1.21 bits per heavy atom. The number of rotatable bonds is 8. The summed E-state index contributed by atoms with van der Waals surface area (Å²) in [4.78, 5) is 4.90. The summed E-state index contributed by atoms with van der Waals surface area (Å²) >= 11 is 0. The van der Waals surface area contributed by atoms with Gasteiger partial charge in [0.1, 0.15) is 44.7 Å². The van der Waals surface area contributed by atoms with Crippen LogP contribution in [-0.4, -0.2) is 16.1 Å². The number of nitrogens with zero attached hydrogens (tertiary/aromatic N) is 2. The van der Waals surface area contributed by atoms with E-state index in [1.807, 2.05) is 0 Å². The van der Waals surface area contributed by atoms with Gasteiger partial charge in [-0.25, -0.2) is 0 Å². The molecule has 1 aliphatic rings. The lowest BCUT2D eigenvalue weighted by Crippen LogP contribution is -2.37. The number of anilines is 6. The zero-order chi connectivity index (χ0) is 61.6. The van der Waals surface area contributed by atoms with Crippen LogP contribution in [0.3, 0.4) is 0 Å². The standard InChI is InChI=1S/C81H74N2O4Si2/c1-79(2,3)49-32-35-51(36-33-49)82(53-37-39-55-57-23-19-27-69(88(9,10)11)75(57)86-67(55)43-53)63-45-61-73(77-71(63)59-21-15-17-25-65(59)84-77)74-62(81(61,7)8)46-64(72-60-22-16-18-26-66(60)85-78(72)74)83(52-34-30-47-41-50(80(4,5)6)31-29-48(47)42-52)54-38-40-56-58-24-20-28-70(89(12,13)14)76(58)87-68(56)44-54/h15-46H,1-14H3. The molecule has 4 aromatic heterocycles. The molecule has 0 atom stereocenters. The predicted octanol–water partition coefficient (Wildman–Crippen LogP) is 23.4. The monoisotopic (exact) mass is 1190 g/mol. The summed E-state index contributed by atoms with van der Waals surface area (Å²) in [6, 6.07) is 72.1. The first-order valence-electron chi connectivity index (χ1n) is 31.5. The van der Waals surface area contributed by atoms with Crippen molar-refractivity contribution >= 4 is 159 Å². The van der Waals surface area contributed by atoms with Crippen molar-refractivity contribution in [3.05, 3.63) is 216 Å². The Balaban J connectivity index is 0.975. The van der Waals surface area contributed by atoms with Gasteiger partial charge in [-0.05, 0) is 127 Å². The van der Waals surface area contributed by atoms with Crippen LogP contribution in [0.2, 0.25) is 39.3 Å². The van der Waals surface area contributed by atoms with E-state index >= 15 is 0 Å². The molecule has 0 saturated heterocycles. The second kappa shape index (κ2) is 19.0. The molecule has 89 heavy (non-hydrogen) atoms. The second-order valence-electron chi connectivity index (χ2n) is 29.8. The zero-order valence-electron chi connectivity index (χ0n) is 53.5. The molecule has 0 fully saturated rings. The minimum Gasteiger partial charge on any atom is -0.456 e. The van der Waals surface area contributed by atoms with E-state index in [1.54, 1.807) is 0 Å². The van der Waals surface area contributed by atoms with Crippen LogP contribution in [0.1, 0.15) is 77.6 Å². The van der Waals surface area contributed by atoms with E-state index in [-0.39, 0.29) is 10.8 Å². The Hall–Kier alpha value is -9.09. The van der Waals surface area contributed by atoms with Crippen LogP contribution in [-0.2, 0) is 16.2 Å². The maximum absolute atomic E-state index is 7.45. The summed E-state index contributed by atoms with van der Waals surface area (Å²) < 4.78 is 29.0. The Labute approximate surface area is 522 Å². The third-order valence-electron chi connectivity index (χ3n) is 19.4. The number of hydrogen-bond acceptors (Lipinski definition) is 6. The van der Waals surface area contributed by atoms with E-state index in [0.29, 0.717) is 0 Å². The smallest absolute Gasteiger partial charge is 0.145 e. The molecule has 15 aromatic rings. The lowest BCUT2D eigenvalue weighted by atomic mass is 9.81. The first kappa shape index (κ1) is 55.2. The fourth-order valence-corrected chi connectivity index (χ4v) is 17.5. The van der Waals surface area contributed by atoms with Gasteiger partial charge in [0.2, 0.25) is 0 Å². The predicted molar refractivity (Wildman–Crippen MR) is 383 cm³/mol. The van der Waals surface area contributed by atoms with E-state index < -0.39 is 21.6 Å². The topological polar surface area (TPSA) is 59.0 Å². The molecule has 8 heteroatoms. The fraction of sp³-hybridized carbons (Fsp3) is 0.210. The highest BCUT2D eigenvalue weighted by Crippen LogP contribution is 2.61. The lowest BCUT2D eigenvalue weighted by Gasteiger charge is -2.30. The molecule has 11 aromatic carbocycles. The van der Waals surface area contributed by atoms with Crippen molar-refractivity contribution in [3.63, 3.8) is 0 Å². The van der Waals surface area contributed by atoms with Crippen LogP contribution in [0.15, 0.2) is 212 Å². The maximum Gasteiger partial charge on any atom is 0.145 e. The molecule has 0 unspecified atom stereocenters. The summed E-state index contributed by atoms with van der Waals surface area (Å²) in [6.07, 6.45) is 0. The van der Waals surface area contributed by atoms with Crippen molar-refractivity contribution in [1.82, 2.24) is 0 Å². The fourth-order valence-electron chi connectivity index (χ4n) is 14.6. The van der Waals surface area contributed by atoms with E-state index in [4.69, 9.17) is 17.7 Å². The first-order valence-corrected chi connectivity index (χ1v) is 38.5. The molecule has 0 aliphatic heterocycles. The molecule has 440 valence electrons. The van der Waals surface area contributed by atoms with Crippen LogP contribution >= 0.6 is 0 Å². The average Bonchev–Trinajstić information content (AvgIpc) is 1.53. The molecule has 0 N–H and O–H groups in total. The molecule has 0 radical (unpaired) electrons. The summed E-state index contributed by atoms with van der Waals surface area (Å²) in [5.41, 5.74) is 19.5. The molecular formula is C81H74N2O4Si2. The lowest BCUT2D eigenvalue weighted by molar-refractivity contribution is 0.590. The van der Waals surface area contributed by atoms with Crippen LogP contribution in [0.25, 0.3) is 110 Å². The molecular weight excluding hydrogens is 1120 g/mol. The maximum atomic E-state index is 7.45. The van der Waals surface area contributed by atoms with Gasteiger partial charge in [-0.1, -0.05) is 204 Å². The third-order valence-corrected chi connectivity index (χ3v) is 23.4. The van der Waals surface area contributed by atoms with Crippen LogP contribution < -0.4 is 20.2 Å². The molecule has 1 aliphatic carbocycles. The van der Waals surface area contributed by atoms with E-state index in [1.165, 1.54) is 32.3 Å². The SMILES string of the molecule is CC(C)(C)c1ccc(N(c2ccc3c(c2)oc2c([Si](C)(C)C)cccc23)c2cc3c(c4oc5ccccc5c24)-c2c(cc(N(c4ccc5cc(C(C)(C)C)ccc5c4)c4ccc5c(c4)oc4c([Si](C)(C)C)cccc45)c4c2oc2ccccc24)C3(C)C)cc1. The number of furan rings is 4. The van der Waals surface area contributed by atoms with E-state index in [0.717, 1.165) is 144 Å². The number of benzene rings is 11. The van der Waals surface area contributed by atoms with Crippen molar-refractivity contribution in [1.29, 1.82) is 0 Å². The van der Waals surface area contributed by atoms with Crippen molar-refractivity contribution in [2.45, 2.75) is 111 Å². The number of fused-ring (bicyclic) bond motifs is 18. The highest BCUT2D eigenvalue weighted by Gasteiger charge is 2.44.